The molecule has 0 saturated carbocycles. The Morgan fingerprint density at radius 3 is 2.19 bits per heavy atom. The number of nitrogens with zero attached hydrogens (tertiary/aromatic N) is 2. The fraction of sp³-hybridized carbons (Fsp3) is 0.240. The maximum atomic E-state index is 13.0. The van der Waals surface area contributed by atoms with Crippen LogP contribution in [0.4, 0.5) is 10.5 Å². The molecule has 0 spiro atoms. The fourth-order valence-corrected chi connectivity index (χ4v) is 4.18. The number of anilines is 1. The van der Waals surface area contributed by atoms with E-state index in [2.05, 4.69) is 4.90 Å². The minimum Gasteiger partial charge on any atom is -0.441 e. The monoisotopic (exact) mass is 488 g/mol. The molecular formula is C25H23Cl3N2O2. The lowest BCUT2D eigenvalue weighted by Crippen LogP contribution is -2.49. The molecule has 3 aromatic rings. The number of benzene rings is 3. The molecule has 4 nitrogen and oxygen atoms in total. The fourth-order valence-electron chi connectivity index (χ4n) is 3.76. The summed E-state index contributed by atoms with van der Waals surface area (Å²) in [7, 11) is 0. The summed E-state index contributed by atoms with van der Waals surface area (Å²) in [6.07, 6.45) is -0.109. The molecule has 7 heteroatoms. The first kappa shape index (κ1) is 22.8. The largest absolute Gasteiger partial charge is 0.441 e. The highest BCUT2D eigenvalue weighted by Crippen LogP contribution is 2.29. The average Bonchev–Trinajstić information content (AvgIpc) is 2.82. The van der Waals surface area contributed by atoms with Crippen molar-refractivity contribution in [1.82, 2.24) is 4.90 Å². The molecule has 3 aromatic carbocycles. The van der Waals surface area contributed by atoms with E-state index in [9.17, 15) is 4.79 Å². The number of hydrogen-bond acceptors (Lipinski definition) is 3. The minimum atomic E-state index is -0.393. The Morgan fingerprint density at radius 1 is 0.844 bits per heavy atom. The highest BCUT2D eigenvalue weighted by atomic mass is 35.5. The average molecular weight is 490 g/mol. The highest BCUT2D eigenvalue weighted by Gasteiger charge is 2.26. The van der Waals surface area contributed by atoms with E-state index in [1.807, 2.05) is 66.7 Å². The second-order valence-corrected chi connectivity index (χ2v) is 8.94. The molecule has 0 radical (unpaired) electrons. The van der Waals surface area contributed by atoms with Crippen LogP contribution in [0.3, 0.4) is 0 Å². The predicted molar refractivity (Wildman–Crippen MR) is 131 cm³/mol. The zero-order valence-corrected chi connectivity index (χ0v) is 19.7. The molecule has 1 heterocycles. The van der Waals surface area contributed by atoms with Crippen LogP contribution in [0.25, 0.3) is 0 Å². The van der Waals surface area contributed by atoms with E-state index in [-0.39, 0.29) is 6.09 Å². The van der Waals surface area contributed by atoms with Crippen molar-refractivity contribution in [3.8, 4) is 0 Å². The summed E-state index contributed by atoms with van der Waals surface area (Å²) in [6, 6.07) is 23.1. The molecule has 32 heavy (non-hydrogen) atoms. The lowest BCUT2D eigenvalue weighted by Gasteiger charge is -2.36. The van der Waals surface area contributed by atoms with Gasteiger partial charge in [0.05, 0.1) is 10.0 Å². The number of hydrogen-bond donors (Lipinski definition) is 0. The number of halogens is 3. The Morgan fingerprint density at radius 2 is 1.53 bits per heavy atom. The molecule has 4 rings (SSSR count). The van der Waals surface area contributed by atoms with Crippen LogP contribution in [0.2, 0.25) is 15.1 Å². The van der Waals surface area contributed by atoms with Crippen LogP contribution in [0.5, 0.6) is 0 Å². The third kappa shape index (κ3) is 5.69. The van der Waals surface area contributed by atoms with Crippen molar-refractivity contribution in [2.75, 3.05) is 31.1 Å². The molecule has 0 N–H and O–H groups in total. The van der Waals surface area contributed by atoms with Gasteiger partial charge in [-0.2, -0.15) is 0 Å². The SMILES string of the molecule is O=C(OC(Cc1ccccc1)c1ccc(Cl)cc1)N1CCN(c2ccc(Cl)c(Cl)c2)CC1. The Bertz CT molecular complexity index is 1050. The summed E-state index contributed by atoms with van der Waals surface area (Å²) in [5.74, 6) is 0. The van der Waals surface area contributed by atoms with E-state index in [1.165, 1.54) is 0 Å². The first-order valence-corrected chi connectivity index (χ1v) is 11.6. The van der Waals surface area contributed by atoms with E-state index < -0.39 is 6.10 Å². The molecule has 0 aliphatic carbocycles. The zero-order valence-electron chi connectivity index (χ0n) is 17.4. The van der Waals surface area contributed by atoms with Gasteiger partial charge in [-0.25, -0.2) is 4.79 Å². The molecule has 1 aliphatic rings. The Kier molecular flexibility index (Phi) is 7.46. The third-order valence-corrected chi connectivity index (χ3v) is 6.55. The number of piperazine rings is 1. The normalized spacial score (nSPS) is 14.8. The molecule has 166 valence electrons. The number of carbonyl (C=O) groups excluding carboxylic acids is 1. The number of amides is 1. The maximum absolute atomic E-state index is 13.0. The third-order valence-electron chi connectivity index (χ3n) is 5.55. The highest BCUT2D eigenvalue weighted by molar-refractivity contribution is 6.42. The molecule has 1 unspecified atom stereocenters. The zero-order chi connectivity index (χ0) is 22.5. The number of carbonyl (C=O) groups is 1. The van der Waals surface area contributed by atoms with E-state index in [0.717, 1.165) is 16.8 Å². The molecule has 1 fully saturated rings. The molecule has 1 aliphatic heterocycles. The van der Waals surface area contributed by atoms with Crippen molar-refractivity contribution < 1.29 is 9.53 Å². The summed E-state index contributed by atoms with van der Waals surface area (Å²) in [5.41, 5.74) is 3.02. The molecule has 1 saturated heterocycles. The van der Waals surface area contributed by atoms with Gasteiger partial charge in [-0.1, -0.05) is 77.3 Å². The lowest BCUT2D eigenvalue weighted by molar-refractivity contribution is 0.0607. The Hall–Kier alpha value is -2.40. The summed E-state index contributed by atoms with van der Waals surface area (Å²) in [6.45, 7) is 2.52. The van der Waals surface area contributed by atoms with Gasteiger partial charge in [0.25, 0.3) is 0 Å². The summed E-state index contributed by atoms with van der Waals surface area (Å²) in [5, 5.41) is 1.71. The first-order valence-electron chi connectivity index (χ1n) is 10.4. The standard InChI is InChI=1S/C25H23Cl3N2O2/c26-20-8-6-19(7-9-20)24(16-18-4-2-1-3-5-18)32-25(31)30-14-12-29(13-15-30)21-10-11-22(27)23(28)17-21/h1-11,17,24H,12-16H2. The van der Waals surface area contributed by atoms with Gasteiger partial charge in [0.2, 0.25) is 0 Å². The van der Waals surface area contributed by atoms with Crippen molar-refractivity contribution in [3.63, 3.8) is 0 Å². The summed E-state index contributed by atoms with van der Waals surface area (Å²) in [4.78, 5) is 16.9. The summed E-state index contributed by atoms with van der Waals surface area (Å²) >= 11 is 18.2. The Balaban J connectivity index is 1.41. The van der Waals surface area contributed by atoms with Crippen molar-refractivity contribution in [2.24, 2.45) is 0 Å². The van der Waals surface area contributed by atoms with E-state index in [0.29, 0.717) is 47.7 Å². The predicted octanol–water partition coefficient (Wildman–Crippen LogP) is 6.89. The van der Waals surface area contributed by atoms with Gasteiger partial charge in [0.15, 0.2) is 0 Å². The van der Waals surface area contributed by atoms with E-state index in [1.54, 1.807) is 11.0 Å². The van der Waals surface area contributed by atoms with Gasteiger partial charge in [0, 0.05) is 43.3 Å². The number of rotatable bonds is 5. The van der Waals surface area contributed by atoms with Crippen molar-refractivity contribution >= 4 is 46.6 Å². The second kappa shape index (κ2) is 10.5. The van der Waals surface area contributed by atoms with Crippen LogP contribution >= 0.6 is 34.8 Å². The van der Waals surface area contributed by atoms with Crippen LogP contribution in [0, 0.1) is 0 Å². The van der Waals surface area contributed by atoms with Crippen LogP contribution in [-0.2, 0) is 11.2 Å². The second-order valence-electron chi connectivity index (χ2n) is 7.69. The van der Waals surface area contributed by atoms with E-state index in [4.69, 9.17) is 39.5 Å². The first-order chi connectivity index (χ1) is 15.5. The summed E-state index contributed by atoms with van der Waals surface area (Å²) < 4.78 is 5.98. The van der Waals surface area contributed by atoms with Crippen molar-refractivity contribution in [2.45, 2.75) is 12.5 Å². The van der Waals surface area contributed by atoms with Crippen LogP contribution in [0.1, 0.15) is 17.2 Å². The van der Waals surface area contributed by atoms with Crippen LogP contribution in [-0.4, -0.2) is 37.2 Å². The molecule has 0 bridgehead atoms. The van der Waals surface area contributed by atoms with Crippen molar-refractivity contribution in [1.29, 1.82) is 0 Å². The van der Waals surface area contributed by atoms with Crippen molar-refractivity contribution in [3.05, 3.63) is 99.0 Å². The topological polar surface area (TPSA) is 32.8 Å². The van der Waals surface area contributed by atoms with Gasteiger partial charge in [-0.3, -0.25) is 0 Å². The number of ether oxygens (including phenoxy) is 1. The molecular weight excluding hydrogens is 467 g/mol. The quantitative estimate of drug-likeness (QED) is 0.391. The maximum Gasteiger partial charge on any atom is 0.410 e. The molecule has 0 aromatic heterocycles. The molecule has 1 amide bonds. The van der Waals surface area contributed by atoms with Gasteiger partial charge in [-0.05, 0) is 41.5 Å². The van der Waals surface area contributed by atoms with Gasteiger partial charge >= 0.3 is 6.09 Å². The van der Waals surface area contributed by atoms with Gasteiger partial charge < -0.3 is 14.5 Å². The van der Waals surface area contributed by atoms with Crippen LogP contribution < -0.4 is 4.90 Å². The smallest absolute Gasteiger partial charge is 0.410 e. The lowest BCUT2D eigenvalue weighted by atomic mass is 10.0. The molecule has 1 atom stereocenters. The van der Waals surface area contributed by atoms with E-state index >= 15 is 0 Å². The minimum absolute atomic E-state index is 0.310. The van der Waals surface area contributed by atoms with Crippen LogP contribution in [0.15, 0.2) is 72.8 Å². The van der Waals surface area contributed by atoms with Gasteiger partial charge in [-0.15, -0.1) is 0 Å². The van der Waals surface area contributed by atoms with Gasteiger partial charge in [0.1, 0.15) is 6.10 Å². The Labute approximate surface area is 203 Å².